The van der Waals surface area contributed by atoms with Gasteiger partial charge in [0, 0.05) is 19.0 Å². The maximum Gasteiger partial charge on any atom is 0.103 e. The average molecular weight is 237 g/mol. The van der Waals surface area contributed by atoms with Gasteiger partial charge in [0.25, 0.3) is 0 Å². The number of aliphatic hydroxyl groups is 1. The highest BCUT2D eigenvalue weighted by Gasteiger charge is 2.30. The third-order valence-electron chi connectivity index (χ3n) is 3.72. The molecule has 1 aliphatic rings. The van der Waals surface area contributed by atoms with Gasteiger partial charge >= 0.3 is 0 Å². The summed E-state index contributed by atoms with van der Waals surface area (Å²) in [4.78, 5) is 0. The largest absolute Gasteiger partial charge is 0.469 e. The quantitative estimate of drug-likeness (QED) is 0.799. The minimum absolute atomic E-state index is 0.421. The lowest BCUT2D eigenvalue weighted by molar-refractivity contribution is 0.0451. The van der Waals surface area contributed by atoms with E-state index in [-0.39, 0.29) is 0 Å². The summed E-state index contributed by atoms with van der Waals surface area (Å²) in [6.45, 7) is 2.90. The second-order valence-corrected chi connectivity index (χ2v) is 5.33. The summed E-state index contributed by atoms with van der Waals surface area (Å²) >= 11 is 0. The molecule has 0 spiro atoms. The Kier molecular flexibility index (Phi) is 4.24. The first-order valence-electron chi connectivity index (χ1n) is 6.66. The molecule has 1 aromatic heterocycles. The van der Waals surface area contributed by atoms with Gasteiger partial charge in [0.1, 0.15) is 5.76 Å². The molecule has 1 unspecified atom stereocenters. The normalized spacial score (nSPS) is 20.6. The highest BCUT2D eigenvalue weighted by molar-refractivity contribution is 4.98. The van der Waals surface area contributed by atoms with Gasteiger partial charge in [-0.15, -0.1) is 0 Å². The van der Waals surface area contributed by atoms with E-state index in [9.17, 15) is 5.11 Å². The second-order valence-electron chi connectivity index (χ2n) is 5.33. The Labute approximate surface area is 103 Å². The first-order chi connectivity index (χ1) is 8.18. The van der Waals surface area contributed by atoms with Crippen molar-refractivity contribution in [1.82, 2.24) is 5.32 Å². The maximum absolute atomic E-state index is 10.2. The van der Waals surface area contributed by atoms with E-state index in [1.54, 1.807) is 6.26 Å². The zero-order valence-corrected chi connectivity index (χ0v) is 10.6. The standard InChI is InChI=1S/C14H23NO2/c1-12(6-7-13-5-4-10-17-13)15-11-14(16)8-2-3-9-14/h4-5,10,12,15-16H,2-3,6-9,11H2,1H3. The van der Waals surface area contributed by atoms with Crippen molar-refractivity contribution in [2.24, 2.45) is 0 Å². The topological polar surface area (TPSA) is 45.4 Å². The van der Waals surface area contributed by atoms with Crippen LogP contribution in [0.3, 0.4) is 0 Å². The Hall–Kier alpha value is -0.800. The van der Waals surface area contributed by atoms with E-state index < -0.39 is 5.60 Å². The van der Waals surface area contributed by atoms with Gasteiger partial charge in [-0.05, 0) is 38.3 Å². The van der Waals surface area contributed by atoms with Crippen molar-refractivity contribution in [1.29, 1.82) is 0 Å². The van der Waals surface area contributed by atoms with Crippen LogP contribution in [0.15, 0.2) is 22.8 Å². The van der Waals surface area contributed by atoms with Crippen molar-refractivity contribution >= 4 is 0 Å². The maximum atomic E-state index is 10.2. The predicted molar refractivity (Wildman–Crippen MR) is 67.9 cm³/mol. The van der Waals surface area contributed by atoms with Crippen LogP contribution in [0.4, 0.5) is 0 Å². The van der Waals surface area contributed by atoms with Crippen molar-refractivity contribution in [2.45, 2.75) is 57.1 Å². The second kappa shape index (κ2) is 5.69. The molecule has 0 bridgehead atoms. The van der Waals surface area contributed by atoms with E-state index in [4.69, 9.17) is 4.42 Å². The molecule has 3 heteroatoms. The Morgan fingerprint density at radius 3 is 2.88 bits per heavy atom. The van der Waals surface area contributed by atoms with Gasteiger partial charge in [-0.3, -0.25) is 0 Å². The number of furan rings is 1. The molecule has 1 heterocycles. The van der Waals surface area contributed by atoms with Crippen LogP contribution in [0.2, 0.25) is 0 Å². The van der Waals surface area contributed by atoms with Crippen molar-refractivity contribution in [3.8, 4) is 0 Å². The van der Waals surface area contributed by atoms with E-state index in [1.807, 2.05) is 12.1 Å². The summed E-state index contributed by atoms with van der Waals surface area (Å²) in [5.41, 5.74) is -0.445. The summed E-state index contributed by atoms with van der Waals surface area (Å²) in [7, 11) is 0. The molecule has 0 aliphatic heterocycles. The monoisotopic (exact) mass is 237 g/mol. The molecule has 1 aliphatic carbocycles. The van der Waals surface area contributed by atoms with Crippen molar-refractivity contribution in [3.05, 3.63) is 24.2 Å². The third-order valence-corrected chi connectivity index (χ3v) is 3.72. The summed E-state index contributed by atoms with van der Waals surface area (Å²) in [6, 6.07) is 4.36. The molecule has 0 saturated heterocycles. The van der Waals surface area contributed by atoms with E-state index in [0.717, 1.165) is 38.0 Å². The van der Waals surface area contributed by atoms with Crippen LogP contribution in [0.25, 0.3) is 0 Å². The molecule has 1 atom stereocenters. The Bertz CT molecular complexity index is 315. The number of rotatable bonds is 6. The zero-order valence-electron chi connectivity index (χ0n) is 10.6. The van der Waals surface area contributed by atoms with Gasteiger partial charge in [-0.25, -0.2) is 0 Å². The van der Waals surface area contributed by atoms with E-state index in [1.165, 1.54) is 12.8 Å². The fourth-order valence-electron chi connectivity index (χ4n) is 2.49. The van der Waals surface area contributed by atoms with Crippen LogP contribution in [-0.2, 0) is 6.42 Å². The molecule has 0 radical (unpaired) electrons. The minimum atomic E-state index is -0.445. The SMILES string of the molecule is CC(CCc1ccco1)NCC1(O)CCCC1. The lowest BCUT2D eigenvalue weighted by Gasteiger charge is -2.25. The number of aryl methyl sites for hydroxylation is 1. The van der Waals surface area contributed by atoms with Gasteiger partial charge < -0.3 is 14.8 Å². The van der Waals surface area contributed by atoms with Gasteiger partial charge in [0.2, 0.25) is 0 Å². The molecule has 0 amide bonds. The molecule has 2 rings (SSSR count). The third kappa shape index (κ3) is 3.86. The van der Waals surface area contributed by atoms with Crippen molar-refractivity contribution in [2.75, 3.05) is 6.54 Å². The highest BCUT2D eigenvalue weighted by atomic mass is 16.3. The predicted octanol–water partition coefficient (Wildman–Crippen LogP) is 2.50. The fraction of sp³-hybridized carbons (Fsp3) is 0.714. The summed E-state index contributed by atoms with van der Waals surface area (Å²) in [5, 5.41) is 13.6. The van der Waals surface area contributed by atoms with Crippen molar-refractivity contribution in [3.63, 3.8) is 0 Å². The summed E-state index contributed by atoms with van der Waals surface area (Å²) in [5.74, 6) is 1.04. The Morgan fingerprint density at radius 2 is 2.24 bits per heavy atom. The number of nitrogens with one attached hydrogen (secondary N) is 1. The lowest BCUT2D eigenvalue weighted by Crippen LogP contribution is -2.41. The molecule has 3 nitrogen and oxygen atoms in total. The van der Waals surface area contributed by atoms with Gasteiger partial charge in [0.05, 0.1) is 11.9 Å². The van der Waals surface area contributed by atoms with E-state index >= 15 is 0 Å². The minimum Gasteiger partial charge on any atom is -0.469 e. The molecule has 96 valence electrons. The van der Waals surface area contributed by atoms with Crippen molar-refractivity contribution < 1.29 is 9.52 Å². The van der Waals surface area contributed by atoms with Gasteiger partial charge in [-0.1, -0.05) is 12.8 Å². The van der Waals surface area contributed by atoms with Crippen LogP contribution < -0.4 is 5.32 Å². The summed E-state index contributed by atoms with van der Waals surface area (Å²) < 4.78 is 5.30. The van der Waals surface area contributed by atoms with Crippen LogP contribution in [0.5, 0.6) is 0 Å². The van der Waals surface area contributed by atoms with Crippen LogP contribution >= 0.6 is 0 Å². The molecule has 0 aromatic carbocycles. The average Bonchev–Trinajstić information content (AvgIpc) is 2.95. The molecular weight excluding hydrogens is 214 g/mol. The van der Waals surface area contributed by atoms with Gasteiger partial charge in [-0.2, -0.15) is 0 Å². The first-order valence-corrected chi connectivity index (χ1v) is 6.66. The summed E-state index contributed by atoms with van der Waals surface area (Å²) in [6.07, 6.45) is 7.95. The molecule has 1 fully saturated rings. The Morgan fingerprint density at radius 1 is 1.47 bits per heavy atom. The number of hydrogen-bond donors (Lipinski definition) is 2. The smallest absolute Gasteiger partial charge is 0.103 e. The molecular formula is C14H23NO2. The first kappa shape index (κ1) is 12.7. The Balaban J connectivity index is 1.65. The molecule has 17 heavy (non-hydrogen) atoms. The highest BCUT2D eigenvalue weighted by Crippen LogP contribution is 2.28. The van der Waals surface area contributed by atoms with Crippen LogP contribution in [-0.4, -0.2) is 23.3 Å². The van der Waals surface area contributed by atoms with Crippen LogP contribution in [0, 0.1) is 0 Å². The molecule has 2 N–H and O–H groups in total. The molecule has 1 saturated carbocycles. The zero-order chi connectivity index (χ0) is 12.1. The van der Waals surface area contributed by atoms with Crippen LogP contribution in [0.1, 0.15) is 44.8 Å². The van der Waals surface area contributed by atoms with E-state index in [2.05, 4.69) is 12.2 Å². The molecule has 1 aromatic rings. The van der Waals surface area contributed by atoms with Gasteiger partial charge in [0.15, 0.2) is 0 Å². The number of hydrogen-bond acceptors (Lipinski definition) is 3. The fourth-order valence-corrected chi connectivity index (χ4v) is 2.49. The van der Waals surface area contributed by atoms with E-state index in [0.29, 0.717) is 6.04 Å². The lowest BCUT2D eigenvalue weighted by atomic mass is 10.0.